The fraction of sp³-hybridized carbons (Fsp3) is 0.562. The van der Waals surface area contributed by atoms with Crippen LogP contribution >= 0.6 is 0 Å². The molecular formula is C16H20FN3O. The number of hydrogen-bond acceptors (Lipinski definition) is 4. The smallest absolute Gasteiger partial charge is 0.129 e. The summed E-state index contributed by atoms with van der Waals surface area (Å²) in [5, 5.41) is 12.0. The van der Waals surface area contributed by atoms with Gasteiger partial charge < -0.3 is 10.1 Å². The van der Waals surface area contributed by atoms with Crippen LogP contribution in [0.15, 0.2) is 18.2 Å². The minimum absolute atomic E-state index is 0.181. The summed E-state index contributed by atoms with van der Waals surface area (Å²) in [6, 6.07) is 7.14. The maximum atomic E-state index is 13.7. The molecule has 112 valence electrons. The van der Waals surface area contributed by atoms with Gasteiger partial charge in [0.2, 0.25) is 0 Å². The normalized spacial score (nSPS) is 25.5. The van der Waals surface area contributed by atoms with Gasteiger partial charge in [0.05, 0.1) is 24.3 Å². The molecule has 0 aromatic heterocycles. The van der Waals surface area contributed by atoms with E-state index >= 15 is 0 Å². The number of nitriles is 1. The Balaban J connectivity index is 1.47. The van der Waals surface area contributed by atoms with Crippen molar-refractivity contribution in [1.82, 2.24) is 10.2 Å². The summed E-state index contributed by atoms with van der Waals surface area (Å²) in [5.41, 5.74) is 0.941. The van der Waals surface area contributed by atoms with Crippen LogP contribution < -0.4 is 5.32 Å². The molecule has 0 spiro atoms. The fourth-order valence-corrected chi connectivity index (χ4v) is 3.14. The second-order valence-electron chi connectivity index (χ2n) is 5.80. The molecule has 1 aromatic carbocycles. The molecule has 0 radical (unpaired) electrons. The number of benzene rings is 1. The number of halogens is 1. The third kappa shape index (κ3) is 3.41. The van der Waals surface area contributed by atoms with Gasteiger partial charge in [-0.25, -0.2) is 4.39 Å². The van der Waals surface area contributed by atoms with Crippen molar-refractivity contribution in [2.24, 2.45) is 0 Å². The van der Waals surface area contributed by atoms with Gasteiger partial charge in [0.15, 0.2) is 0 Å². The number of nitrogens with one attached hydrogen (secondary N) is 1. The maximum Gasteiger partial charge on any atom is 0.129 e. The first-order valence-electron chi connectivity index (χ1n) is 7.51. The van der Waals surface area contributed by atoms with Crippen LogP contribution in [0.25, 0.3) is 0 Å². The van der Waals surface area contributed by atoms with Crippen LogP contribution in [0, 0.1) is 17.1 Å². The van der Waals surface area contributed by atoms with E-state index in [1.807, 2.05) is 6.07 Å². The van der Waals surface area contributed by atoms with Crippen LogP contribution in [0.4, 0.5) is 4.39 Å². The Hall–Kier alpha value is -1.48. The number of hydrogen-bond donors (Lipinski definition) is 1. The van der Waals surface area contributed by atoms with Crippen molar-refractivity contribution in [2.45, 2.75) is 31.5 Å². The van der Waals surface area contributed by atoms with Gasteiger partial charge >= 0.3 is 0 Å². The van der Waals surface area contributed by atoms with Gasteiger partial charge in [-0.15, -0.1) is 0 Å². The van der Waals surface area contributed by atoms with E-state index in [1.165, 1.54) is 25.5 Å². The zero-order chi connectivity index (χ0) is 14.7. The molecule has 2 saturated heterocycles. The van der Waals surface area contributed by atoms with Gasteiger partial charge in [-0.1, -0.05) is 6.07 Å². The summed E-state index contributed by atoms with van der Waals surface area (Å²) in [5.74, 6) is -0.328. The van der Waals surface area contributed by atoms with Gasteiger partial charge in [-0.3, -0.25) is 4.90 Å². The molecule has 0 bridgehead atoms. The highest BCUT2D eigenvalue weighted by atomic mass is 19.1. The molecule has 2 heterocycles. The van der Waals surface area contributed by atoms with Gasteiger partial charge in [0, 0.05) is 31.2 Å². The summed E-state index contributed by atoms with van der Waals surface area (Å²) < 4.78 is 19.6. The zero-order valence-electron chi connectivity index (χ0n) is 12.0. The average molecular weight is 289 g/mol. The molecule has 4 nitrogen and oxygen atoms in total. The monoisotopic (exact) mass is 289 g/mol. The summed E-state index contributed by atoms with van der Waals surface area (Å²) in [6.07, 6.45) is 2.70. The molecule has 2 atom stereocenters. The van der Waals surface area contributed by atoms with Gasteiger partial charge in [0.25, 0.3) is 0 Å². The third-order valence-electron chi connectivity index (χ3n) is 4.33. The average Bonchev–Trinajstić information content (AvgIpc) is 2.96. The molecule has 2 unspecified atom stereocenters. The van der Waals surface area contributed by atoms with Crippen LogP contribution in [0.3, 0.4) is 0 Å². The summed E-state index contributed by atoms with van der Waals surface area (Å²) >= 11 is 0. The maximum absolute atomic E-state index is 13.7. The van der Waals surface area contributed by atoms with E-state index in [0.717, 1.165) is 19.7 Å². The van der Waals surface area contributed by atoms with E-state index in [0.29, 0.717) is 23.7 Å². The lowest BCUT2D eigenvalue weighted by Gasteiger charge is -2.35. The predicted molar refractivity (Wildman–Crippen MR) is 77.2 cm³/mol. The van der Waals surface area contributed by atoms with Crippen molar-refractivity contribution in [3.05, 3.63) is 35.1 Å². The lowest BCUT2D eigenvalue weighted by atomic mass is 10.1. The third-order valence-corrected chi connectivity index (χ3v) is 4.33. The SMILES string of the molecule is N#Cc1ccc(CNCC2CN3CCCC3CO2)c(F)c1. The van der Waals surface area contributed by atoms with E-state index < -0.39 is 0 Å². The van der Waals surface area contributed by atoms with Gasteiger partial charge in [0.1, 0.15) is 5.82 Å². The van der Waals surface area contributed by atoms with Crippen LogP contribution in [0.2, 0.25) is 0 Å². The lowest BCUT2D eigenvalue weighted by molar-refractivity contribution is -0.0470. The molecule has 3 rings (SSSR count). The lowest BCUT2D eigenvalue weighted by Crippen LogP contribution is -2.49. The number of rotatable bonds is 4. The van der Waals surface area contributed by atoms with Crippen molar-refractivity contribution in [2.75, 3.05) is 26.2 Å². The second kappa shape index (κ2) is 6.52. The summed E-state index contributed by atoms with van der Waals surface area (Å²) in [4.78, 5) is 2.50. The Morgan fingerprint density at radius 1 is 1.48 bits per heavy atom. The fourth-order valence-electron chi connectivity index (χ4n) is 3.14. The van der Waals surface area contributed by atoms with E-state index in [4.69, 9.17) is 10.00 Å². The first-order valence-corrected chi connectivity index (χ1v) is 7.51. The van der Waals surface area contributed by atoms with Crippen molar-refractivity contribution < 1.29 is 9.13 Å². The van der Waals surface area contributed by atoms with Crippen molar-refractivity contribution >= 4 is 0 Å². The molecule has 2 aliphatic heterocycles. The molecular weight excluding hydrogens is 269 g/mol. The Kier molecular flexibility index (Phi) is 4.49. The van der Waals surface area contributed by atoms with Crippen molar-refractivity contribution in [3.63, 3.8) is 0 Å². The van der Waals surface area contributed by atoms with E-state index in [9.17, 15) is 4.39 Å². The topological polar surface area (TPSA) is 48.3 Å². The number of morpholine rings is 1. The van der Waals surface area contributed by atoms with Gasteiger partial charge in [-0.2, -0.15) is 5.26 Å². The van der Waals surface area contributed by atoms with Crippen LogP contribution in [-0.4, -0.2) is 43.3 Å². The summed E-state index contributed by atoms with van der Waals surface area (Å²) in [7, 11) is 0. The number of ether oxygens (including phenoxy) is 1. The molecule has 1 aromatic rings. The molecule has 0 amide bonds. The van der Waals surface area contributed by atoms with Gasteiger partial charge in [-0.05, 0) is 31.5 Å². The molecule has 0 aliphatic carbocycles. The number of fused-ring (bicyclic) bond motifs is 1. The molecule has 2 aliphatic rings. The molecule has 1 N–H and O–H groups in total. The molecule has 2 fully saturated rings. The van der Waals surface area contributed by atoms with Crippen molar-refractivity contribution in [1.29, 1.82) is 5.26 Å². The van der Waals surface area contributed by atoms with Crippen LogP contribution in [0.5, 0.6) is 0 Å². The highest BCUT2D eigenvalue weighted by molar-refractivity contribution is 5.32. The van der Waals surface area contributed by atoms with Crippen LogP contribution in [-0.2, 0) is 11.3 Å². The molecule has 21 heavy (non-hydrogen) atoms. The Morgan fingerprint density at radius 3 is 3.19 bits per heavy atom. The van der Waals surface area contributed by atoms with E-state index in [-0.39, 0.29) is 11.9 Å². The van der Waals surface area contributed by atoms with Crippen LogP contribution in [0.1, 0.15) is 24.0 Å². The predicted octanol–water partition coefficient (Wildman–Crippen LogP) is 1.65. The Morgan fingerprint density at radius 2 is 2.38 bits per heavy atom. The number of nitrogens with zero attached hydrogens (tertiary/aromatic N) is 2. The minimum Gasteiger partial charge on any atom is -0.374 e. The minimum atomic E-state index is -0.328. The largest absolute Gasteiger partial charge is 0.374 e. The highest BCUT2D eigenvalue weighted by Crippen LogP contribution is 2.22. The quantitative estimate of drug-likeness (QED) is 0.915. The zero-order valence-corrected chi connectivity index (χ0v) is 12.0. The second-order valence-corrected chi connectivity index (χ2v) is 5.80. The van der Waals surface area contributed by atoms with E-state index in [1.54, 1.807) is 12.1 Å². The summed E-state index contributed by atoms with van der Waals surface area (Å²) in [6.45, 7) is 4.14. The highest BCUT2D eigenvalue weighted by Gasteiger charge is 2.31. The Bertz CT molecular complexity index is 543. The first-order chi connectivity index (χ1) is 10.3. The van der Waals surface area contributed by atoms with E-state index in [2.05, 4.69) is 10.2 Å². The standard InChI is InChI=1S/C16H20FN3O/c17-16-6-12(7-18)3-4-13(16)8-19-9-15-10-20-5-1-2-14(20)11-21-15/h3-4,6,14-15,19H,1-2,5,8-11H2. The first kappa shape index (κ1) is 14.5. The molecule has 0 saturated carbocycles. The van der Waals surface area contributed by atoms with Crippen molar-refractivity contribution in [3.8, 4) is 6.07 Å². The Labute approximate surface area is 124 Å². The molecule has 5 heteroatoms.